The summed E-state index contributed by atoms with van der Waals surface area (Å²) in [5.74, 6) is -1.56. The molecule has 0 aromatic carbocycles. The number of carboxylic acids is 1. The van der Waals surface area contributed by atoms with Crippen molar-refractivity contribution in [3.05, 3.63) is 10.8 Å². The second-order valence-electron chi connectivity index (χ2n) is 5.08. The fraction of sp³-hybridized carbons (Fsp3) is 0.636. The third-order valence-electron chi connectivity index (χ3n) is 3.39. The summed E-state index contributed by atoms with van der Waals surface area (Å²) >= 11 is 5.97. The molecule has 1 saturated heterocycles. The number of rotatable bonds is 4. The van der Waals surface area contributed by atoms with Crippen LogP contribution in [0.3, 0.4) is 0 Å². The maximum atomic E-state index is 12.4. The van der Waals surface area contributed by atoms with E-state index in [4.69, 9.17) is 16.7 Å². The molecule has 0 amide bonds. The maximum absolute atomic E-state index is 12.4. The summed E-state index contributed by atoms with van der Waals surface area (Å²) in [7, 11) is -2.30. The monoisotopic (exact) mass is 336 g/mol. The second kappa shape index (κ2) is 5.91. The Balaban J connectivity index is 2.20. The average Bonchev–Trinajstić information content (AvgIpc) is 2.63. The Morgan fingerprint density at radius 3 is 2.71 bits per heavy atom. The van der Waals surface area contributed by atoms with Crippen molar-refractivity contribution in [2.24, 2.45) is 13.0 Å². The molecule has 1 aromatic rings. The lowest BCUT2D eigenvalue weighted by molar-refractivity contribution is -0.142. The molecule has 2 rings (SSSR count). The first-order valence-electron chi connectivity index (χ1n) is 6.37. The van der Waals surface area contributed by atoms with E-state index in [-0.39, 0.29) is 16.5 Å². The fourth-order valence-corrected chi connectivity index (χ4v) is 4.41. The van der Waals surface area contributed by atoms with Gasteiger partial charge in [0.15, 0.2) is 0 Å². The molecular formula is C11H17ClN4O4S. The molecule has 1 aliphatic heterocycles. The van der Waals surface area contributed by atoms with Gasteiger partial charge in [-0.1, -0.05) is 11.6 Å². The van der Waals surface area contributed by atoms with Crippen LogP contribution in [0.4, 0.5) is 0 Å². The van der Waals surface area contributed by atoms with Crippen molar-refractivity contribution in [1.29, 1.82) is 0 Å². The summed E-state index contributed by atoms with van der Waals surface area (Å²) in [5.41, 5.74) is 0.300. The minimum atomic E-state index is -3.85. The molecule has 2 atom stereocenters. The number of nitrogens with zero attached hydrogens (tertiary/aromatic N) is 2. The van der Waals surface area contributed by atoms with Crippen LogP contribution in [0.25, 0.3) is 0 Å². The standard InChI is InChI=1S/C11H17ClN4O4S/c1-6-9(10(12)16(2)14-6)21(19,20)15-8-3-7(11(17)18)4-13-5-8/h7-8,13,15H,3-5H2,1-2H3,(H,17,18)/t7-,8+/m0/s1. The molecule has 10 heteroatoms. The van der Waals surface area contributed by atoms with Crippen LogP contribution in [0.1, 0.15) is 12.1 Å². The average molecular weight is 337 g/mol. The van der Waals surface area contributed by atoms with Crippen molar-refractivity contribution in [3.63, 3.8) is 0 Å². The number of aromatic nitrogens is 2. The third kappa shape index (κ3) is 3.37. The molecule has 8 nitrogen and oxygen atoms in total. The highest BCUT2D eigenvalue weighted by molar-refractivity contribution is 7.89. The molecule has 2 heterocycles. The number of sulfonamides is 1. The first-order valence-corrected chi connectivity index (χ1v) is 8.23. The number of nitrogens with one attached hydrogen (secondary N) is 2. The van der Waals surface area contributed by atoms with E-state index in [1.54, 1.807) is 14.0 Å². The van der Waals surface area contributed by atoms with E-state index in [1.165, 1.54) is 4.68 Å². The largest absolute Gasteiger partial charge is 0.481 e. The molecule has 3 N–H and O–H groups in total. The number of hydrogen-bond acceptors (Lipinski definition) is 5. The van der Waals surface area contributed by atoms with Crippen LogP contribution in [-0.4, -0.2) is 48.4 Å². The molecule has 118 valence electrons. The summed E-state index contributed by atoms with van der Waals surface area (Å²) in [5, 5.41) is 15.9. The van der Waals surface area contributed by atoms with Gasteiger partial charge in [0, 0.05) is 26.2 Å². The Kier molecular flexibility index (Phi) is 4.57. The van der Waals surface area contributed by atoms with Gasteiger partial charge in [0.25, 0.3) is 0 Å². The van der Waals surface area contributed by atoms with E-state index in [0.29, 0.717) is 18.8 Å². The van der Waals surface area contributed by atoms with Gasteiger partial charge in [-0.3, -0.25) is 9.48 Å². The lowest BCUT2D eigenvalue weighted by atomic mass is 9.97. The lowest BCUT2D eigenvalue weighted by Crippen LogP contribution is -2.50. The topological polar surface area (TPSA) is 113 Å². The first kappa shape index (κ1) is 16.2. The lowest BCUT2D eigenvalue weighted by Gasteiger charge is -2.28. The van der Waals surface area contributed by atoms with E-state index in [1.807, 2.05) is 0 Å². The van der Waals surface area contributed by atoms with Crippen LogP contribution < -0.4 is 10.0 Å². The van der Waals surface area contributed by atoms with Crippen LogP contribution in [0.2, 0.25) is 5.15 Å². The normalized spacial score (nSPS) is 23.2. The van der Waals surface area contributed by atoms with E-state index in [2.05, 4.69) is 15.1 Å². The molecule has 1 fully saturated rings. The minimum Gasteiger partial charge on any atom is -0.481 e. The number of halogens is 1. The molecule has 0 aliphatic carbocycles. The number of aryl methyl sites for hydroxylation is 2. The molecule has 0 bridgehead atoms. The van der Waals surface area contributed by atoms with Crippen molar-refractivity contribution < 1.29 is 18.3 Å². The summed E-state index contributed by atoms with van der Waals surface area (Å²) in [6.45, 7) is 2.26. The molecule has 0 radical (unpaired) electrons. The van der Waals surface area contributed by atoms with E-state index >= 15 is 0 Å². The van der Waals surface area contributed by atoms with Gasteiger partial charge in [-0.2, -0.15) is 5.10 Å². The highest BCUT2D eigenvalue weighted by atomic mass is 35.5. The van der Waals surface area contributed by atoms with Gasteiger partial charge in [0.1, 0.15) is 10.0 Å². The predicted molar refractivity (Wildman–Crippen MR) is 75.7 cm³/mol. The smallest absolute Gasteiger partial charge is 0.307 e. The van der Waals surface area contributed by atoms with Gasteiger partial charge in [-0.15, -0.1) is 0 Å². The molecule has 1 aliphatic rings. The Labute approximate surface area is 127 Å². The van der Waals surface area contributed by atoms with Crippen molar-refractivity contribution in [1.82, 2.24) is 19.8 Å². The number of aliphatic carboxylic acids is 1. The van der Waals surface area contributed by atoms with Crippen LogP contribution in [0.15, 0.2) is 4.90 Å². The predicted octanol–water partition coefficient (Wildman–Crippen LogP) is -0.277. The summed E-state index contributed by atoms with van der Waals surface area (Å²) in [4.78, 5) is 10.9. The highest BCUT2D eigenvalue weighted by Crippen LogP contribution is 2.24. The fourth-order valence-electron chi connectivity index (χ4n) is 2.41. The van der Waals surface area contributed by atoms with E-state index in [0.717, 1.165) is 0 Å². The van der Waals surface area contributed by atoms with Crippen molar-refractivity contribution in [2.45, 2.75) is 24.3 Å². The summed E-state index contributed by atoms with van der Waals surface area (Å²) < 4.78 is 28.6. The van der Waals surface area contributed by atoms with Crippen molar-refractivity contribution >= 4 is 27.6 Å². The molecule has 1 aromatic heterocycles. The number of carbonyl (C=O) groups is 1. The zero-order chi connectivity index (χ0) is 15.8. The number of hydrogen-bond donors (Lipinski definition) is 3. The van der Waals surface area contributed by atoms with Gasteiger partial charge < -0.3 is 10.4 Å². The molecule has 0 spiro atoms. The minimum absolute atomic E-state index is 0.0264. The van der Waals surface area contributed by atoms with E-state index < -0.39 is 28.0 Å². The second-order valence-corrected chi connectivity index (χ2v) is 7.09. The Morgan fingerprint density at radius 2 is 2.19 bits per heavy atom. The molecule has 21 heavy (non-hydrogen) atoms. The van der Waals surface area contributed by atoms with Crippen LogP contribution in [0.5, 0.6) is 0 Å². The zero-order valence-electron chi connectivity index (χ0n) is 11.6. The SMILES string of the molecule is Cc1nn(C)c(Cl)c1S(=O)(=O)N[C@H]1CNC[C@@H](C(=O)O)C1. The van der Waals surface area contributed by atoms with Crippen LogP contribution in [0, 0.1) is 12.8 Å². The molecular weight excluding hydrogens is 320 g/mol. The van der Waals surface area contributed by atoms with Gasteiger partial charge in [0.2, 0.25) is 10.0 Å². The van der Waals surface area contributed by atoms with E-state index in [9.17, 15) is 13.2 Å². The molecule has 0 unspecified atom stereocenters. The van der Waals surface area contributed by atoms with Gasteiger partial charge in [-0.25, -0.2) is 13.1 Å². The van der Waals surface area contributed by atoms with Gasteiger partial charge >= 0.3 is 5.97 Å². The van der Waals surface area contributed by atoms with Crippen molar-refractivity contribution in [3.8, 4) is 0 Å². The summed E-state index contributed by atoms with van der Waals surface area (Å²) in [6, 6.07) is -0.500. The van der Waals surface area contributed by atoms with Crippen LogP contribution >= 0.6 is 11.6 Å². The summed E-state index contributed by atoms with van der Waals surface area (Å²) in [6.07, 6.45) is 0.235. The molecule has 0 saturated carbocycles. The van der Waals surface area contributed by atoms with Gasteiger partial charge in [0.05, 0.1) is 11.6 Å². The Hall–Kier alpha value is -1.16. The first-order chi connectivity index (χ1) is 9.72. The quantitative estimate of drug-likeness (QED) is 0.697. The third-order valence-corrected chi connectivity index (χ3v) is 5.61. The number of carboxylic acid groups (broad SMARTS) is 1. The van der Waals surface area contributed by atoms with Crippen molar-refractivity contribution in [2.75, 3.05) is 13.1 Å². The highest BCUT2D eigenvalue weighted by Gasteiger charge is 2.32. The van der Waals surface area contributed by atoms with Crippen LogP contribution in [-0.2, 0) is 21.9 Å². The van der Waals surface area contributed by atoms with Gasteiger partial charge in [-0.05, 0) is 13.3 Å². The maximum Gasteiger partial charge on any atom is 0.307 e. The zero-order valence-corrected chi connectivity index (χ0v) is 13.2. The number of piperidine rings is 1. The Bertz CT molecular complexity index is 657. The Morgan fingerprint density at radius 1 is 1.52 bits per heavy atom.